The molecule has 0 saturated heterocycles. The highest BCUT2D eigenvalue weighted by Gasteiger charge is 2.26. The second-order valence-corrected chi connectivity index (χ2v) is 7.25. The van der Waals surface area contributed by atoms with Crippen LogP contribution >= 0.6 is 11.8 Å². The fourth-order valence-electron chi connectivity index (χ4n) is 2.66. The van der Waals surface area contributed by atoms with E-state index in [1.807, 2.05) is 36.6 Å². The average Bonchev–Trinajstić information content (AvgIpc) is 2.71. The number of carboxylic acids is 1. The minimum Gasteiger partial charge on any atom is -0.480 e. The maximum Gasteiger partial charge on any atom is 0.326 e. The second-order valence-electron chi connectivity index (χ2n) is 6.26. The number of rotatable bonds is 10. The van der Waals surface area contributed by atoms with Gasteiger partial charge in [-0.1, -0.05) is 48.5 Å². The first-order valence-electron chi connectivity index (χ1n) is 8.93. The number of nitrogens with one attached hydrogen (secondary N) is 2. The van der Waals surface area contributed by atoms with E-state index in [0.717, 1.165) is 5.56 Å². The summed E-state index contributed by atoms with van der Waals surface area (Å²) in [7, 11) is 0. The van der Waals surface area contributed by atoms with Crippen LogP contribution in [0, 0.1) is 0 Å². The van der Waals surface area contributed by atoms with Gasteiger partial charge in [0.2, 0.25) is 5.91 Å². The minimum atomic E-state index is -1.09. The van der Waals surface area contributed by atoms with E-state index >= 15 is 0 Å². The molecule has 2 aromatic carbocycles. The second kappa shape index (κ2) is 11.1. The van der Waals surface area contributed by atoms with Gasteiger partial charge < -0.3 is 15.7 Å². The summed E-state index contributed by atoms with van der Waals surface area (Å²) >= 11 is 1.51. The normalized spacial score (nSPS) is 12.6. The third kappa shape index (κ3) is 6.74. The molecule has 0 saturated carbocycles. The van der Waals surface area contributed by atoms with Crippen molar-refractivity contribution in [3.8, 4) is 0 Å². The van der Waals surface area contributed by atoms with Crippen LogP contribution in [0.5, 0.6) is 0 Å². The lowest BCUT2D eigenvalue weighted by molar-refractivity contribution is -0.142. The monoisotopic (exact) mass is 400 g/mol. The molecule has 0 radical (unpaired) electrons. The van der Waals surface area contributed by atoms with Crippen molar-refractivity contribution in [2.45, 2.75) is 24.9 Å². The van der Waals surface area contributed by atoms with E-state index in [2.05, 4.69) is 10.6 Å². The molecular weight excluding hydrogens is 376 g/mol. The molecule has 2 amide bonds. The van der Waals surface area contributed by atoms with E-state index in [-0.39, 0.29) is 12.3 Å². The van der Waals surface area contributed by atoms with Crippen LogP contribution in [0.15, 0.2) is 60.7 Å². The Morgan fingerprint density at radius 2 is 1.54 bits per heavy atom. The number of thioether (sulfide) groups is 1. The van der Waals surface area contributed by atoms with Gasteiger partial charge in [-0.15, -0.1) is 0 Å². The third-order valence-corrected chi connectivity index (χ3v) is 4.81. The summed E-state index contributed by atoms with van der Waals surface area (Å²) in [5.74, 6) is -1.37. The Kier molecular flexibility index (Phi) is 8.55. The molecule has 0 aliphatic heterocycles. The van der Waals surface area contributed by atoms with Crippen molar-refractivity contribution in [3.05, 3.63) is 71.8 Å². The van der Waals surface area contributed by atoms with Gasteiger partial charge in [0, 0.05) is 12.0 Å². The molecule has 28 heavy (non-hydrogen) atoms. The molecule has 148 valence electrons. The number of benzene rings is 2. The Morgan fingerprint density at radius 3 is 2.11 bits per heavy atom. The van der Waals surface area contributed by atoms with Crippen LogP contribution in [0.3, 0.4) is 0 Å². The quantitative estimate of drug-likeness (QED) is 0.569. The molecule has 0 aromatic heterocycles. The number of carbonyl (C=O) groups excluding carboxylic acids is 2. The number of hydrogen-bond donors (Lipinski definition) is 3. The van der Waals surface area contributed by atoms with Crippen LogP contribution < -0.4 is 10.6 Å². The Hall–Kier alpha value is -2.80. The highest BCUT2D eigenvalue weighted by atomic mass is 32.2. The lowest BCUT2D eigenvalue weighted by atomic mass is 10.0. The number of carboxylic acid groups (broad SMARTS) is 1. The van der Waals surface area contributed by atoms with Crippen molar-refractivity contribution in [2.75, 3.05) is 12.0 Å². The molecule has 0 bridgehead atoms. The van der Waals surface area contributed by atoms with E-state index in [1.165, 1.54) is 11.8 Å². The van der Waals surface area contributed by atoms with Crippen LogP contribution in [0.1, 0.15) is 22.3 Å². The topological polar surface area (TPSA) is 95.5 Å². The van der Waals surface area contributed by atoms with Crippen molar-refractivity contribution in [1.29, 1.82) is 0 Å². The molecule has 0 aliphatic carbocycles. The van der Waals surface area contributed by atoms with Crippen molar-refractivity contribution in [3.63, 3.8) is 0 Å². The standard InChI is InChI=1S/C21H24N2O4S/c1-28-13-12-17(21(26)27)22-20(25)18(14-15-8-4-2-5-9-15)23-19(24)16-10-6-3-7-11-16/h2-11,17-18H,12-14H2,1H3,(H,22,25)(H,23,24)(H,26,27)/t17-,18-/m0/s1. The SMILES string of the molecule is CSCC[C@H](NC(=O)[C@H](Cc1ccccc1)NC(=O)c1ccccc1)C(=O)O. The minimum absolute atomic E-state index is 0.264. The summed E-state index contributed by atoms with van der Waals surface area (Å²) in [6.07, 6.45) is 2.45. The zero-order chi connectivity index (χ0) is 20.4. The van der Waals surface area contributed by atoms with Crippen LogP contribution in [-0.2, 0) is 16.0 Å². The first kappa shape index (κ1) is 21.5. The van der Waals surface area contributed by atoms with Crippen molar-refractivity contribution in [2.24, 2.45) is 0 Å². The smallest absolute Gasteiger partial charge is 0.326 e. The Morgan fingerprint density at radius 1 is 0.929 bits per heavy atom. The Balaban J connectivity index is 2.15. The van der Waals surface area contributed by atoms with Gasteiger partial charge >= 0.3 is 5.97 Å². The molecule has 0 spiro atoms. The summed E-state index contributed by atoms with van der Waals surface area (Å²) in [5, 5.41) is 14.7. The fraction of sp³-hybridized carbons (Fsp3) is 0.286. The van der Waals surface area contributed by atoms with Gasteiger partial charge in [-0.05, 0) is 36.1 Å². The van der Waals surface area contributed by atoms with Gasteiger partial charge in [0.25, 0.3) is 5.91 Å². The fourth-order valence-corrected chi connectivity index (χ4v) is 3.13. The van der Waals surface area contributed by atoms with Gasteiger partial charge in [-0.3, -0.25) is 9.59 Å². The summed E-state index contributed by atoms with van der Waals surface area (Å²) < 4.78 is 0. The van der Waals surface area contributed by atoms with Gasteiger partial charge in [0.05, 0.1) is 0 Å². The van der Waals surface area contributed by atoms with E-state index < -0.39 is 24.0 Å². The van der Waals surface area contributed by atoms with E-state index in [1.54, 1.807) is 30.3 Å². The molecule has 2 rings (SSSR count). The largest absolute Gasteiger partial charge is 0.480 e. The zero-order valence-electron chi connectivity index (χ0n) is 15.6. The number of amides is 2. The van der Waals surface area contributed by atoms with E-state index in [0.29, 0.717) is 17.7 Å². The molecule has 0 heterocycles. The molecule has 2 atom stereocenters. The predicted octanol–water partition coefficient (Wildman–Crippen LogP) is 2.35. The molecular formula is C21H24N2O4S. The molecule has 0 unspecified atom stereocenters. The summed E-state index contributed by atoms with van der Waals surface area (Å²) in [6, 6.07) is 16.0. The van der Waals surface area contributed by atoms with Crippen LogP contribution in [0.25, 0.3) is 0 Å². The number of hydrogen-bond acceptors (Lipinski definition) is 4. The third-order valence-electron chi connectivity index (χ3n) is 4.17. The number of carbonyl (C=O) groups is 3. The molecule has 3 N–H and O–H groups in total. The Labute approximate surface area is 168 Å². The first-order chi connectivity index (χ1) is 13.5. The first-order valence-corrected chi connectivity index (χ1v) is 10.3. The molecule has 6 nitrogen and oxygen atoms in total. The highest BCUT2D eigenvalue weighted by Crippen LogP contribution is 2.07. The van der Waals surface area contributed by atoms with Crippen molar-refractivity contribution in [1.82, 2.24) is 10.6 Å². The maximum absolute atomic E-state index is 12.8. The lowest BCUT2D eigenvalue weighted by Gasteiger charge is -2.21. The van der Waals surface area contributed by atoms with E-state index in [9.17, 15) is 19.5 Å². The molecule has 7 heteroatoms. The summed E-state index contributed by atoms with van der Waals surface area (Å²) in [4.78, 5) is 36.8. The summed E-state index contributed by atoms with van der Waals surface area (Å²) in [5.41, 5.74) is 1.30. The van der Waals surface area contributed by atoms with Crippen LogP contribution in [0.2, 0.25) is 0 Å². The van der Waals surface area contributed by atoms with Gasteiger partial charge in [-0.25, -0.2) is 4.79 Å². The molecule has 2 aromatic rings. The van der Waals surface area contributed by atoms with Crippen LogP contribution in [0.4, 0.5) is 0 Å². The van der Waals surface area contributed by atoms with Gasteiger partial charge in [0.15, 0.2) is 0 Å². The van der Waals surface area contributed by atoms with Gasteiger partial charge in [-0.2, -0.15) is 11.8 Å². The van der Waals surface area contributed by atoms with Crippen molar-refractivity contribution < 1.29 is 19.5 Å². The average molecular weight is 401 g/mol. The zero-order valence-corrected chi connectivity index (χ0v) is 16.4. The van der Waals surface area contributed by atoms with Gasteiger partial charge in [0.1, 0.15) is 12.1 Å². The molecule has 0 aliphatic rings. The lowest BCUT2D eigenvalue weighted by Crippen LogP contribution is -2.52. The predicted molar refractivity (Wildman–Crippen MR) is 110 cm³/mol. The van der Waals surface area contributed by atoms with Crippen molar-refractivity contribution >= 4 is 29.5 Å². The van der Waals surface area contributed by atoms with E-state index in [4.69, 9.17) is 0 Å². The maximum atomic E-state index is 12.8. The van der Waals surface area contributed by atoms with Crippen LogP contribution in [-0.4, -0.2) is 47.0 Å². The summed E-state index contributed by atoms with van der Waals surface area (Å²) in [6.45, 7) is 0. The molecule has 0 fully saturated rings. The Bertz CT molecular complexity index is 784. The highest BCUT2D eigenvalue weighted by molar-refractivity contribution is 7.98. The number of aliphatic carboxylic acids is 1.